The number of nitrogens with zero attached hydrogens (tertiary/aromatic N) is 2. The zero-order valence-electron chi connectivity index (χ0n) is 12.5. The van der Waals surface area contributed by atoms with E-state index >= 15 is 0 Å². The van der Waals surface area contributed by atoms with E-state index in [-0.39, 0.29) is 6.42 Å². The summed E-state index contributed by atoms with van der Waals surface area (Å²) in [5.41, 5.74) is 1.98. The molecule has 1 heterocycles. The SMILES string of the molecule is CCCCCN(CCC(=O)O)c1cccc2cccnc12. The van der Waals surface area contributed by atoms with E-state index < -0.39 is 5.97 Å². The highest BCUT2D eigenvalue weighted by Gasteiger charge is 2.12. The lowest BCUT2D eigenvalue weighted by Gasteiger charge is -2.25. The predicted octanol–water partition coefficient (Wildman–Crippen LogP) is 3.71. The molecule has 0 aliphatic heterocycles. The molecule has 0 bridgehead atoms. The molecule has 0 radical (unpaired) electrons. The Morgan fingerprint density at radius 3 is 2.76 bits per heavy atom. The number of aliphatic carboxylic acids is 1. The number of benzene rings is 1. The maximum absolute atomic E-state index is 10.9. The minimum Gasteiger partial charge on any atom is -0.481 e. The molecule has 4 nitrogen and oxygen atoms in total. The third-order valence-corrected chi connectivity index (χ3v) is 3.58. The van der Waals surface area contributed by atoms with Gasteiger partial charge >= 0.3 is 5.97 Å². The highest BCUT2D eigenvalue weighted by atomic mass is 16.4. The summed E-state index contributed by atoms with van der Waals surface area (Å²) in [6.07, 6.45) is 5.31. The van der Waals surface area contributed by atoms with Crippen LogP contribution in [0.1, 0.15) is 32.6 Å². The number of aromatic nitrogens is 1. The molecule has 0 saturated heterocycles. The molecule has 2 rings (SSSR count). The predicted molar refractivity (Wildman–Crippen MR) is 85.7 cm³/mol. The highest BCUT2D eigenvalue weighted by Crippen LogP contribution is 2.25. The standard InChI is InChI=1S/C17H22N2O2/c1-2-3-4-12-19(13-10-16(20)21)15-9-5-7-14-8-6-11-18-17(14)15/h5-9,11H,2-4,10,12-13H2,1H3,(H,20,21). The molecule has 0 aliphatic rings. The van der Waals surface area contributed by atoms with Crippen LogP contribution in [0.3, 0.4) is 0 Å². The Morgan fingerprint density at radius 1 is 1.19 bits per heavy atom. The molecular formula is C17H22N2O2. The van der Waals surface area contributed by atoms with E-state index in [4.69, 9.17) is 5.11 Å². The fourth-order valence-electron chi connectivity index (χ4n) is 2.48. The Morgan fingerprint density at radius 2 is 2.00 bits per heavy atom. The quantitative estimate of drug-likeness (QED) is 0.752. The Bertz CT molecular complexity index is 593. The van der Waals surface area contributed by atoms with Crippen molar-refractivity contribution in [3.8, 4) is 0 Å². The molecule has 2 aromatic rings. The summed E-state index contributed by atoms with van der Waals surface area (Å²) in [6.45, 7) is 3.56. The van der Waals surface area contributed by atoms with Gasteiger partial charge in [0.05, 0.1) is 17.6 Å². The molecule has 112 valence electrons. The molecule has 4 heteroatoms. The molecular weight excluding hydrogens is 264 g/mol. The first kappa shape index (κ1) is 15.3. The summed E-state index contributed by atoms with van der Waals surface area (Å²) in [4.78, 5) is 17.5. The Hall–Kier alpha value is -2.10. The van der Waals surface area contributed by atoms with Gasteiger partial charge in [-0.15, -0.1) is 0 Å². The number of fused-ring (bicyclic) bond motifs is 1. The molecule has 0 amide bonds. The van der Waals surface area contributed by atoms with Crippen LogP contribution in [0.4, 0.5) is 5.69 Å². The van der Waals surface area contributed by atoms with Gasteiger partial charge in [-0.1, -0.05) is 38.0 Å². The van der Waals surface area contributed by atoms with Gasteiger partial charge < -0.3 is 10.0 Å². The molecule has 0 saturated carbocycles. The minimum absolute atomic E-state index is 0.148. The summed E-state index contributed by atoms with van der Waals surface area (Å²) in [5, 5.41) is 10.0. The number of rotatable bonds is 8. The number of para-hydroxylation sites is 1. The van der Waals surface area contributed by atoms with Crippen molar-refractivity contribution in [1.82, 2.24) is 4.98 Å². The van der Waals surface area contributed by atoms with Crippen LogP contribution < -0.4 is 4.90 Å². The van der Waals surface area contributed by atoms with Crippen molar-refractivity contribution in [3.05, 3.63) is 36.5 Å². The van der Waals surface area contributed by atoms with Gasteiger partial charge in [-0.2, -0.15) is 0 Å². The van der Waals surface area contributed by atoms with Gasteiger partial charge in [0, 0.05) is 24.7 Å². The normalized spacial score (nSPS) is 10.7. The van der Waals surface area contributed by atoms with Crippen LogP contribution in [0.15, 0.2) is 36.5 Å². The zero-order chi connectivity index (χ0) is 15.1. The average molecular weight is 286 g/mol. The van der Waals surface area contributed by atoms with Crippen molar-refractivity contribution < 1.29 is 9.90 Å². The first-order chi connectivity index (χ1) is 10.2. The van der Waals surface area contributed by atoms with Crippen LogP contribution in [0.2, 0.25) is 0 Å². The molecule has 0 fully saturated rings. The third kappa shape index (κ3) is 4.18. The van der Waals surface area contributed by atoms with Crippen LogP contribution >= 0.6 is 0 Å². The highest BCUT2D eigenvalue weighted by molar-refractivity contribution is 5.90. The molecule has 0 aliphatic carbocycles. The second-order valence-corrected chi connectivity index (χ2v) is 5.19. The van der Waals surface area contributed by atoms with Gasteiger partial charge in [-0.25, -0.2) is 0 Å². The van der Waals surface area contributed by atoms with Gasteiger partial charge in [0.15, 0.2) is 0 Å². The number of pyridine rings is 1. The Balaban J connectivity index is 2.26. The van der Waals surface area contributed by atoms with E-state index in [2.05, 4.69) is 16.8 Å². The summed E-state index contributed by atoms with van der Waals surface area (Å²) < 4.78 is 0. The summed E-state index contributed by atoms with van der Waals surface area (Å²) >= 11 is 0. The minimum atomic E-state index is -0.760. The van der Waals surface area contributed by atoms with Gasteiger partial charge in [-0.3, -0.25) is 9.78 Å². The van der Waals surface area contributed by atoms with Crippen molar-refractivity contribution >= 4 is 22.6 Å². The van der Waals surface area contributed by atoms with Crippen LogP contribution in [0, 0.1) is 0 Å². The van der Waals surface area contributed by atoms with Crippen LogP contribution in [-0.2, 0) is 4.79 Å². The molecule has 0 spiro atoms. The Kier molecular flexibility index (Phi) is 5.55. The molecule has 0 atom stereocenters. The largest absolute Gasteiger partial charge is 0.481 e. The summed E-state index contributed by atoms with van der Waals surface area (Å²) in [6, 6.07) is 10.0. The van der Waals surface area contributed by atoms with Gasteiger partial charge in [-0.05, 0) is 18.6 Å². The maximum atomic E-state index is 10.9. The van der Waals surface area contributed by atoms with Gasteiger partial charge in [0.25, 0.3) is 0 Å². The first-order valence-electron chi connectivity index (χ1n) is 7.53. The summed E-state index contributed by atoms with van der Waals surface area (Å²) in [5.74, 6) is -0.760. The number of carbonyl (C=O) groups is 1. The number of anilines is 1. The second-order valence-electron chi connectivity index (χ2n) is 5.19. The third-order valence-electron chi connectivity index (χ3n) is 3.58. The van der Waals surface area contributed by atoms with Crippen molar-refractivity contribution in [1.29, 1.82) is 0 Å². The molecule has 0 unspecified atom stereocenters. The van der Waals surface area contributed by atoms with Crippen molar-refractivity contribution in [2.45, 2.75) is 32.6 Å². The number of carboxylic acid groups (broad SMARTS) is 1. The van der Waals surface area contributed by atoms with Crippen LogP contribution in [-0.4, -0.2) is 29.1 Å². The van der Waals surface area contributed by atoms with E-state index in [0.29, 0.717) is 6.54 Å². The maximum Gasteiger partial charge on any atom is 0.305 e. The fourth-order valence-corrected chi connectivity index (χ4v) is 2.48. The average Bonchev–Trinajstić information content (AvgIpc) is 2.50. The van der Waals surface area contributed by atoms with E-state index in [0.717, 1.165) is 42.4 Å². The second kappa shape index (κ2) is 7.62. The molecule has 21 heavy (non-hydrogen) atoms. The number of carboxylic acids is 1. The van der Waals surface area contributed by atoms with Crippen molar-refractivity contribution in [2.75, 3.05) is 18.0 Å². The molecule has 1 aromatic carbocycles. The van der Waals surface area contributed by atoms with Crippen LogP contribution in [0.5, 0.6) is 0 Å². The zero-order valence-corrected chi connectivity index (χ0v) is 12.5. The van der Waals surface area contributed by atoms with Crippen molar-refractivity contribution in [3.63, 3.8) is 0 Å². The van der Waals surface area contributed by atoms with E-state index in [1.807, 2.05) is 30.3 Å². The molecule has 1 N–H and O–H groups in total. The summed E-state index contributed by atoms with van der Waals surface area (Å²) in [7, 11) is 0. The lowest BCUT2D eigenvalue weighted by atomic mass is 10.1. The number of hydrogen-bond acceptors (Lipinski definition) is 3. The lowest BCUT2D eigenvalue weighted by Crippen LogP contribution is -2.27. The Labute approximate surface area is 125 Å². The number of hydrogen-bond donors (Lipinski definition) is 1. The van der Waals surface area contributed by atoms with E-state index in [9.17, 15) is 4.79 Å². The van der Waals surface area contributed by atoms with E-state index in [1.165, 1.54) is 0 Å². The number of unbranched alkanes of at least 4 members (excludes halogenated alkanes) is 2. The topological polar surface area (TPSA) is 53.4 Å². The fraction of sp³-hybridized carbons (Fsp3) is 0.412. The van der Waals surface area contributed by atoms with Crippen molar-refractivity contribution in [2.24, 2.45) is 0 Å². The van der Waals surface area contributed by atoms with Gasteiger partial charge in [0.1, 0.15) is 0 Å². The lowest BCUT2D eigenvalue weighted by molar-refractivity contribution is -0.136. The smallest absolute Gasteiger partial charge is 0.305 e. The monoisotopic (exact) mass is 286 g/mol. The van der Waals surface area contributed by atoms with Gasteiger partial charge in [0.2, 0.25) is 0 Å². The van der Waals surface area contributed by atoms with Crippen LogP contribution in [0.25, 0.3) is 10.9 Å². The van der Waals surface area contributed by atoms with E-state index in [1.54, 1.807) is 6.20 Å². The molecule has 1 aromatic heterocycles. The first-order valence-corrected chi connectivity index (χ1v) is 7.53.